The average Bonchev–Trinajstić information content (AvgIpc) is 3.35. The monoisotopic (exact) mass is 303 g/mol. The highest BCUT2D eigenvalue weighted by Gasteiger charge is 2.52. The van der Waals surface area contributed by atoms with Gasteiger partial charge >= 0.3 is 0 Å². The number of rotatable bonds is 4. The van der Waals surface area contributed by atoms with Crippen LogP contribution < -0.4 is 0 Å². The lowest BCUT2D eigenvalue weighted by Gasteiger charge is -2.41. The zero-order valence-corrected chi connectivity index (χ0v) is 13.4. The van der Waals surface area contributed by atoms with Crippen LogP contribution in [0.15, 0.2) is 30.3 Å². The Kier molecular flexibility index (Phi) is 4.24. The molecule has 1 N–H and O–H groups in total. The summed E-state index contributed by atoms with van der Waals surface area (Å²) in [6, 6.07) is 10.1. The van der Waals surface area contributed by atoms with Gasteiger partial charge in [0.05, 0.1) is 24.7 Å². The normalized spacial score (nSPS) is 27.0. The Hall–Kier alpha value is -1.39. The maximum Gasteiger partial charge on any atom is 0.231 e. The number of hydrogen-bond donors (Lipinski definition) is 1. The SMILES string of the molecule is CC(C)[C@H]1CN(C(=O)C2(CO)CC2)C[C@@H](c2ccccc2)O1. The molecule has 1 saturated carbocycles. The third-order valence-corrected chi connectivity index (χ3v) is 4.94. The van der Waals surface area contributed by atoms with E-state index in [0.29, 0.717) is 19.0 Å². The van der Waals surface area contributed by atoms with Crippen LogP contribution in [0.2, 0.25) is 0 Å². The number of carbonyl (C=O) groups excluding carboxylic acids is 1. The predicted molar refractivity (Wildman–Crippen MR) is 84.2 cm³/mol. The Morgan fingerprint density at radius 2 is 2.00 bits per heavy atom. The molecular weight excluding hydrogens is 278 g/mol. The van der Waals surface area contributed by atoms with Gasteiger partial charge in [0, 0.05) is 6.54 Å². The van der Waals surface area contributed by atoms with E-state index in [1.54, 1.807) is 0 Å². The van der Waals surface area contributed by atoms with Gasteiger partial charge in [-0.25, -0.2) is 0 Å². The highest BCUT2D eigenvalue weighted by atomic mass is 16.5. The molecule has 4 nitrogen and oxygen atoms in total. The fraction of sp³-hybridized carbons (Fsp3) is 0.611. The summed E-state index contributed by atoms with van der Waals surface area (Å²) in [5, 5.41) is 9.54. The van der Waals surface area contributed by atoms with Crippen molar-refractivity contribution < 1.29 is 14.6 Å². The molecule has 120 valence electrons. The van der Waals surface area contributed by atoms with E-state index < -0.39 is 5.41 Å². The van der Waals surface area contributed by atoms with E-state index in [9.17, 15) is 9.90 Å². The van der Waals surface area contributed by atoms with Gasteiger partial charge in [-0.2, -0.15) is 0 Å². The Balaban J connectivity index is 1.80. The van der Waals surface area contributed by atoms with Crippen LogP contribution in [0.3, 0.4) is 0 Å². The maximum atomic E-state index is 12.8. The third kappa shape index (κ3) is 2.90. The van der Waals surface area contributed by atoms with Crippen LogP contribution in [0, 0.1) is 11.3 Å². The lowest BCUT2D eigenvalue weighted by Crippen LogP contribution is -2.51. The number of morpholine rings is 1. The first-order chi connectivity index (χ1) is 10.6. The molecule has 1 aliphatic heterocycles. The molecule has 3 rings (SSSR count). The van der Waals surface area contributed by atoms with Crippen LogP contribution in [0.1, 0.15) is 38.4 Å². The van der Waals surface area contributed by atoms with Crippen molar-refractivity contribution in [1.29, 1.82) is 0 Å². The predicted octanol–water partition coefficient (Wildman–Crippen LogP) is 2.38. The average molecular weight is 303 g/mol. The largest absolute Gasteiger partial charge is 0.395 e. The molecule has 1 aromatic carbocycles. The molecule has 0 radical (unpaired) electrons. The van der Waals surface area contributed by atoms with Crippen LogP contribution in [0.25, 0.3) is 0 Å². The summed E-state index contributed by atoms with van der Waals surface area (Å²) in [6.45, 7) is 5.42. The van der Waals surface area contributed by atoms with Crippen molar-refractivity contribution in [2.75, 3.05) is 19.7 Å². The molecule has 1 aliphatic carbocycles. The lowest BCUT2D eigenvalue weighted by atomic mass is 9.98. The molecule has 1 heterocycles. The van der Waals surface area contributed by atoms with Gasteiger partial charge in [-0.15, -0.1) is 0 Å². The second-order valence-corrected chi connectivity index (χ2v) is 6.97. The van der Waals surface area contributed by atoms with Crippen LogP contribution in [-0.4, -0.2) is 41.7 Å². The van der Waals surface area contributed by atoms with Crippen molar-refractivity contribution in [1.82, 2.24) is 4.90 Å². The number of carbonyl (C=O) groups is 1. The smallest absolute Gasteiger partial charge is 0.231 e. The molecule has 2 fully saturated rings. The number of ether oxygens (including phenoxy) is 1. The number of nitrogens with zero attached hydrogens (tertiary/aromatic N) is 1. The molecule has 2 atom stereocenters. The first-order valence-corrected chi connectivity index (χ1v) is 8.16. The first-order valence-electron chi connectivity index (χ1n) is 8.16. The summed E-state index contributed by atoms with van der Waals surface area (Å²) in [7, 11) is 0. The topological polar surface area (TPSA) is 49.8 Å². The van der Waals surface area contributed by atoms with Crippen molar-refractivity contribution in [2.24, 2.45) is 11.3 Å². The molecule has 1 aromatic rings. The van der Waals surface area contributed by atoms with Crippen LogP contribution in [0.5, 0.6) is 0 Å². The minimum Gasteiger partial charge on any atom is -0.395 e. The van der Waals surface area contributed by atoms with Gasteiger partial charge in [-0.3, -0.25) is 4.79 Å². The highest BCUT2D eigenvalue weighted by molar-refractivity contribution is 5.85. The molecule has 22 heavy (non-hydrogen) atoms. The summed E-state index contributed by atoms with van der Waals surface area (Å²) in [5.74, 6) is 0.455. The van der Waals surface area contributed by atoms with E-state index in [1.807, 2.05) is 23.1 Å². The molecule has 0 unspecified atom stereocenters. The molecule has 1 amide bonds. The Morgan fingerprint density at radius 1 is 1.32 bits per heavy atom. The van der Waals surface area contributed by atoms with Crippen LogP contribution in [-0.2, 0) is 9.53 Å². The van der Waals surface area contributed by atoms with Crippen molar-refractivity contribution >= 4 is 5.91 Å². The van der Waals surface area contributed by atoms with Crippen molar-refractivity contribution in [2.45, 2.75) is 38.9 Å². The lowest BCUT2D eigenvalue weighted by molar-refractivity contribution is -0.156. The number of aliphatic hydroxyl groups is 1. The minimum atomic E-state index is -0.500. The van der Waals surface area contributed by atoms with Crippen molar-refractivity contribution in [3.8, 4) is 0 Å². The van der Waals surface area contributed by atoms with Crippen molar-refractivity contribution in [3.63, 3.8) is 0 Å². The Labute approximate surface area is 132 Å². The third-order valence-electron chi connectivity index (χ3n) is 4.94. The van der Waals surface area contributed by atoms with Gasteiger partial charge in [0.1, 0.15) is 6.10 Å². The second-order valence-electron chi connectivity index (χ2n) is 6.97. The van der Waals surface area contributed by atoms with E-state index in [1.165, 1.54) is 0 Å². The molecule has 2 aliphatic rings. The van der Waals surface area contributed by atoms with Gasteiger partial charge < -0.3 is 14.7 Å². The molecule has 0 aromatic heterocycles. The summed E-state index contributed by atoms with van der Waals surface area (Å²) in [5.41, 5.74) is 0.611. The Bertz CT molecular complexity index is 524. The maximum absolute atomic E-state index is 12.8. The molecular formula is C18H25NO3. The molecule has 0 bridgehead atoms. The summed E-state index contributed by atoms with van der Waals surface area (Å²) < 4.78 is 6.22. The summed E-state index contributed by atoms with van der Waals surface area (Å²) in [4.78, 5) is 14.7. The highest BCUT2D eigenvalue weighted by Crippen LogP contribution is 2.47. The van der Waals surface area contributed by atoms with Crippen molar-refractivity contribution in [3.05, 3.63) is 35.9 Å². The van der Waals surface area contributed by atoms with Gasteiger partial charge in [0.25, 0.3) is 0 Å². The molecule has 4 heteroatoms. The number of amides is 1. The zero-order valence-electron chi connectivity index (χ0n) is 13.4. The van der Waals surface area contributed by atoms with E-state index in [2.05, 4.69) is 26.0 Å². The molecule has 1 saturated heterocycles. The standard InChI is InChI=1S/C18H25NO3/c1-13(2)15-10-19(17(21)18(12-20)8-9-18)11-16(22-15)14-6-4-3-5-7-14/h3-7,13,15-16,20H,8-12H2,1-2H3/t15-,16+/m1/s1. The fourth-order valence-corrected chi connectivity index (χ4v) is 3.10. The zero-order chi connectivity index (χ0) is 15.7. The van der Waals surface area contributed by atoms with E-state index in [4.69, 9.17) is 4.74 Å². The van der Waals surface area contributed by atoms with Gasteiger partial charge in [-0.05, 0) is 24.3 Å². The van der Waals surface area contributed by atoms with Gasteiger partial charge in [0.2, 0.25) is 5.91 Å². The van der Waals surface area contributed by atoms with E-state index in [0.717, 1.165) is 18.4 Å². The van der Waals surface area contributed by atoms with E-state index in [-0.39, 0.29) is 24.7 Å². The number of benzene rings is 1. The van der Waals surface area contributed by atoms with Gasteiger partial charge in [0.15, 0.2) is 0 Å². The molecule has 0 spiro atoms. The van der Waals surface area contributed by atoms with Crippen LogP contribution in [0.4, 0.5) is 0 Å². The summed E-state index contributed by atoms with van der Waals surface area (Å²) in [6.07, 6.45) is 1.57. The number of hydrogen-bond acceptors (Lipinski definition) is 3. The van der Waals surface area contributed by atoms with E-state index >= 15 is 0 Å². The Morgan fingerprint density at radius 3 is 2.55 bits per heavy atom. The quantitative estimate of drug-likeness (QED) is 0.929. The van der Waals surface area contributed by atoms with Gasteiger partial charge in [-0.1, -0.05) is 44.2 Å². The fourth-order valence-electron chi connectivity index (χ4n) is 3.10. The van der Waals surface area contributed by atoms with Crippen LogP contribution >= 0.6 is 0 Å². The first kappa shape index (κ1) is 15.5. The minimum absolute atomic E-state index is 0.0362. The second kappa shape index (κ2) is 6.01. The number of aliphatic hydroxyl groups excluding tert-OH is 1. The summed E-state index contributed by atoms with van der Waals surface area (Å²) >= 11 is 0.